The molecule has 0 atom stereocenters. The molecule has 6 nitrogen and oxygen atoms in total. The van der Waals surface area contributed by atoms with E-state index in [0.717, 1.165) is 11.6 Å². The number of thioether (sulfide) groups is 1. The number of rotatable bonds is 8. The predicted octanol–water partition coefficient (Wildman–Crippen LogP) is 5.90. The first-order valence-electron chi connectivity index (χ1n) is 9.55. The second kappa shape index (κ2) is 10.3. The van der Waals surface area contributed by atoms with E-state index in [4.69, 9.17) is 16.3 Å². The van der Waals surface area contributed by atoms with Gasteiger partial charge in [0.1, 0.15) is 17.9 Å². The van der Waals surface area contributed by atoms with Crippen molar-refractivity contribution in [2.45, 2.75) is 17.5 Å². The standard InChI is InChI=1S/C22H19ClF3N3O3S/c1-32-18-9-15(22(24,25)26)16(23)7-13(18)5-6-27-20-10-17(28-11-29-20)12-3-4-14(21(30)31)19(8-12)33-2/h3-4,7-11H,5-6H2,1-2H3,(H,30,31)(H,27,28,29). The third-order valence-corrected chi connectivity index (χ3v) is 5.86. The number of methoxy groups -OCH3 is 1. The SMILES string of the molecule is COc1cc(C(F)(F)F)c(Cl)cc1CCNc1cc(-c2ccc(C(=O)O)c(SC)c2)ncn1. The summed E-state index contributed by atoms with van der Waals surface area (Å²) in [7, 11) is 1.30. The van der Waals surface area contributed by atoms with Crippen LogP contribution in [-0.4, -0.2) is 41.0 Å². The second-order valence-corrected chi connectivity index (χ2v) is 8.08. The molecule has 33 heavy (non-hydrogen) atoms. The Morgan fingerprint density at radius 3 is 2.61 bits per heavy atom. The number of carboxylic acid groups (broad SMARTS) is 1. The Hall–Kier alpha value is -2.98. The molecule has 3 rings (SSSR count). The molecule has 0 saturated heterocycles. The quantitative estimate of drug-likeness (QED) is 0.375. The number of hydrogen-bond donors (Lipinski definition) is 2. The Morgan fingerprint density at radius 1 is 1.21 bits per heavy atom. The average Bonchev–Trinajstić information content (AvgIpc) is 2.78. The summed E-state index contributed by atoms with van der Waals surface area (Å²) in [5.41, 5.74) is 1.10. The van der Waals surface area contributed by atoms with Gasteiger partial charge in [-0.05, 0) is 42.5 Å². The number of aromatic carboxylic acids is 1. The predicted molar refractivity (Wildman–Crippen MR) is 121 cm³/mol. The Bertz CT molecular complexity index is 1180. The van der Waals surface area contributed by atoms with Crippen LogP contribution in [0.4, 0.5) is 19.0 Å². The summed E-state index contributed by atoms with van der Waals surface area (Å²) in [6, 6.07) is 8.80. The van der Waals surface area contributed by atoms with Crippen molar-refractivity contribution in [3.8, 4) is 17.0 Å². The number of nitrogens with one attached hydrogen (secondary N) is 1. The van der Waals surface area contributed by atoms with Crippen LogP contribution in [0.3, 0.4) is 0 Å². The van der Waals surface area contributed by atoms with Crippen molar-refractivity contribution in [3.05, 3.63) is 64.4 Å². The largest absolute Gasteiger partial charge is 0.496 e. The second-order valence-electron chi connectivity index (χ2n) is 6.83. The third kappa shape index (κ3) is 5.88. The molecule has 0 spiro atoms. The van der Waals surface area contributed by atoms with E-state index in [0.29, 0.717) is 34.9 Å². The molecule has 1 aromatic heterocycles. The molecule has 2 N–H and O–H groups in total. The van der Waals surface area contributed by atoms with E-state index in [2.05, 4.69) is 15.3 Å². The Kier molecular flexibility index (Phi) is 7.70. The zero-order valence-corrected chi connectivity index (χ0v) is 19.1. The highest BCUT2D eigenvalue weighted by atomic mass is 35.5. The number of aromatic nitrogens is 2. The fraction of sp³-hybridized carbons (Fsp3) is 0.227. The minimum atomic E-state index is -4.57. The number of nitrogens with zero attached hydrogens (tertiary/aromatic N) is 2. The summed E-state index contributed by atoms with van der Waals surface area (Å²) in [6.07, 6.45) is -1.07. The molecule has 11 heteroatoms. The molecule has 0 fully saturated rings. The molecule has 0 bridgehead atoms. The van der Waals surface area contributed by atoms with Crippen LogP contribution in [0.2, 0.25) is 5.02 Å². The van der Waals surface area contributed by atoms with Crippen LogP contribution in [0.5, 0.6) is 5.75 Å². The molecule has 0 aliphatic rings. The maximum Gasteiger partial charge on any atom is 0.417 e. The van der Waals surface area contributed by atoms with Gasteiger partial charge in [-0.25, -0.2) is 14.8 Å². The first-order chi connectivity index (χ1) is 15.6. The highest BCUT2D eigenvalue weighted by Crippen LogP contribution is 2.38. The number of hydrogen-bond acceptors (Lipinski definition) is 6. The Morgan fingerprint density at radius 2 is 1.97 bits per heavy atom. The van der Waals surface area contributed by atoms with Gasteiger partial charge in [0.05, 0.1) is 29.0 Å². The van der Waals surface area contributed by atoms with Gasteiger partial charge in [0.25, 0.3) is 0 Å². The molecule has 174 valence electrons. The molecule has 1 heterocycles. The van der Waals surface area contributed by atoms with Gasteiger partial charge < -0.3 is 15.2 Å². The van der Waals surface area contributed by atoms with Crippen LogP contribution in [0.1, 0.15) is 21.5 Å². The number of ether oxygens (including phenoxy) is 1. The molecule has 3 aromatic rings. The first-order valence-corrected chi connectivity index (χ1v) is 11.2. The zero-order chi connectivity index (χ0) is 24.2. The van der Waals surface area contributed by atoms with Crippen LogP contribution >= 0.6 is 23.4 Å². The van der Waals surface area contributed by atoms with Crippen molar-refractivity contribution in [3.63, 3.8) is 0 Å². The summed E-state index contributed by atoms with van der Waals surface area (Å²) in [4.78, 5) is 20.3. The normalized spacial score (nSPS) is 11.3. The molecular formula is C22H19ClF3N3O3S. The lowest BCUT2D eigenvalue weighted by Gasteiger charge is -2.15. The summed E-state index contributed by atoms with van der Waals surface area (Å²) >= 11 is 7.15. The van der Waals surface area contributed by atoms with Crippen molar-refractivity contribution in [1.29, 1.82) is 0 Å². The number of alkyl halides is 3. The van der Waals surface area contributed by atoms with Gasteiger partial charge in [-0.1, -0.05) is 17.7 Å². The smallest absolute Gasteiger partial charge is 0.417 e. The molecular weight excluding hydrogens is 479 g/mol. The van der Waals surface area contributed by atoms with Crippen LogP contribution in [0.25, 0.3) is 11.3 Å². The highest BCUT2D eigenvalue weighted by molar-refractivity contribution is 7.98. The maximum absolute atomic E-state index is 13.1. The van der Waals surface area contributed by atoms with Gasteiger partial charge >= 0.3 is 12.1 Å². The number of benzene rings is 2. The van der Waals surface area contributed by atoms with E-state index >= 15 is 0 Å². The van der Waals surface area contributed by atoms with Crippen molar-refractivity contribution < 1.29 is 27.8 Å². The fourth-order valence-corrected chi connectivity index (χ4v) is 4.08. The zero-order valence-electron chi connectivity index (χ0n) is 17.5. The van der Waals surface area contributed by atoms with Gasteiger partial charge in [-0.3, -0.25) is 0 Å². The topological polar surface area (TPSA) is 84.3 Å². The molecule has 0 saturated carbocycles. The summed E-state index contributed by atoms with van der Waals surface area (Å²) < 4.78 is 44.3. The summed E-state index contributed by atoms with van der Waals surface area (Å²) in [5, 5.41) is 12.0. The Labute approximate surface area is 197 Å². The van der Waals surface area contributed by atoms with Crippen molar-refractivity contribution >= 4 is 35.1 Å². The van der Waals surface area contributed by atoms with Crippen molar-refractivity contribution in [1.82, 2.24) is 9.97 Å². The molecule has 0 radical (unpaired) electrons. The lowest BCUT2D eigenvalue weighted by molar-refractivity contribution is -0.137. The number of anilines is 1. The van der Waals surface area contributed by atoms with Gasteiger partial charge in [0.2, 0.25) is 0 Å². The van der Waals surface area contributed by atoms with E-state index in [9.17, 15) is 23.1 Å². The van der Waals surface area contributed by atoms with E-state index in [1.807, 2.05) is 0 Å². The third-order valence-electron chi connectivity index (χ3n) is 4.77. The van der Waals surface area contributed by atoms with Gasteiger partial charge in [0, 0.05) is 23.1 Å². The summed E-state index contributed by atoms with van der Waals surface area (Å²) in [6.45, 7) is 0.350. The minimum Gasteiger partial charge on any atom is -0.496 e. The van der Waals surface area contributed by atoms with Crippen molar-refractivity contribution in [2.75, 3.05) is 25.2 Å². The van der Waals surface area contributed by atoms with Crippen LogP contribution < -0.4 is 10.1 Å². The summed E-state index contributed by atoms with van der Waals surface area (Å²) in [5.74, 6) is -0.403. The maximum atomic E-state index is 13.1. The molecule has 0 aliphatic heterocycles. The molecule has 0 amide bonds. The van der Waals surface area contributed by atoms with Gasteiger partial charge in [-0.15, -0.1) is 11.8 Å². The lowest BCUT2D eigenvalue weighted by Crippen LogP contribution is -2.10. The lowest BCUT2D eigenvalue weighted by atomic mass is 10.1. The van der Waals surface area contributed by atoms with Gasteiger partial charge in [0.15, 0.2) is 0 Å². The van der Waals surface area contributed by atoms with E-state index in [1.54, 1.807) is 24.5 Å². The van der Waals surface area contributed by atoms with Gasteiger partial charge in [-0.2, -0.15) is 13.2 Å². The van der Waals surface area contributed by atoms with E-state index < -0.39 is 22.7 Å². The highest BCUT2D eigenvalue weighted by Gasteiger charge is 2.34. The number of carboxylic acids is 1. The van der Waals surface area contributed by atoms with Crippen LogP contribution in [0.15, 0.2) is 47.6 Å². The van der Waals surface area contributed by atoms with Crippen LogP contribution in [-0.2, 0) is 12.6 Å². The average molecular weight is 498 g/mol. The van der Waals surface area contributed by atoms with E-state index in [-0.39, 0.29) is 11.3 Å². The monoisotopic (exact) mass is 497 g/mol. The minimum absolute atomic E-state index is 0.0972. The van der Waals surface area contributed by atoms with Crippen LogP contribution in [0, 0.1) is 0 Å². The van der Waals surface area contributed by atoms with Crippen molar-refractivity contribution in [2.24, 2.45) is 0 Å². The number of carbonyl (C=O) groups is 1. The van der Waals surface area contributed by atoms with E-state index in [1.165, 1.54) is 37.3 Å². The molecule has 2 aromatic carbocycles. The Balaban J connectivity index is 1.75. The number of halogens is 4. The fourth-order valence-electron chi connectivity index (χ4n) is 3.16. The molecule has 0 unspecified atom stereocenters. The first kappa shape index (κ1) is 24.7. The molecule has 0 aliphatic carbocycles.